The van der Waals surface area contributed by atoms with Gasteiger partial charge in [0.1, 0.15) is 0 Å². The van der Waals surface area contributed by atoms with Gasteiger partial charge >= 0.3 is 0 Å². The highest BCUT2D eigenvalue weighted by molar-refractivity contribution is 5.34. The summed E-state index contributed by atoms with van der Waals surface area (Å²) in [6.45, 7) is 0. The van der Waals surface area contributed by atoms with Crippen LogP contribution in [0, 0.1) is 12.0 Å². The van der Waals surface area contributed by atoms with Crippen molar-refractivity contribution >= 4 is 0 Å². The predicted octanol–water partition coefficient (Wildman–Crippen LogP) is 1.96. The summed E-state index contributed by atoms with van der Waals surface area (Å²) in [6, 6.07) is 0. The molecule has 1 atom stereocenters. The van der Waals surface area contributed by atoms with Gasteiger partial charge in [-0.3, -0.25) is 0 Å². The molecule has 1 heterocycles. The number of hydrogen-bond acceptors (Lipinski definition) is 1. The van der Waals surface area contributed by atoms with Gasteiger partial charge < -0.3 is 4.74 Å². The van der Waals surface area contributed by atoms with Crippen molar-refractivity contribution in [2.45, 2.75) is 0 Å². The molecule has 10 heavy (non-hydrogen) atoms. The molecular weight excluding hydrogens is 124 g/mol. The van der Waals surface area contributed by atoms with E-state index in [9.17, 15) is 0 Å². The number of hydrogen-bond donors (Lipinski definition) is 0. The highest BCUT2D eigenvalue weighted by Gasteiger charge is 2.10. The van der Waals surface area contributed by atoms with Gasteiger partial charge in [-0.25, -0.2) is 0 Å². The lowest BCUT2D eigenvalue weighted by Gasteiger charge is -2.14. The fourth-order valence-corrected chi connectivity index (χ4v) is 1.04. The Bertz CT molecular complexity index is 243. The van der Waals surface area contributed by atoms with E-state index < -0.39 is 0 Å². The largest absolute Gasteiger partial charge is 0.473 e. The third-order valence-electron chi connectivity index (χ3n) is 1.60. The maximum Gasteiger partial charge on any atom is 0.0942 e. The SMILES string of the molecule is [C]1=CC2C=COC=C2C=C1. The molecule has 0 aromatic carbocycles. The molecular formula is C9H7O. The first-order chi connectivity index (χ1) is 4.97. The summed E-state index contributed by atoms with van der Waals surface area (Å²) in [6.07, 6.45) is 14.4. The van der Waals surface area contributed by atoms with Crippen LogP contribution in [0.3, 0.4) is 0 Å². The first-order valence-electron chi connectivity index (χ1n) is 3.25. The zero-order chi connectivity index (χ0) is 6.81. The van der Waals surface area contributed by atoms with Crippen molar-refractivity contribution in [1.82, 2.24) is 0 Å². The van der Waals surface area contributed by atoms with Crippen LogP contribution in [0.4, 0.5) is 0 Å². The molecule has 1 aliphatic carbocycles. The zero-order valence-electron chi connectivity index (χ0n) is 5.45. The van der Waals surface area contributed by atoms with Gasteiger partial charge in [0.2, 0.25) is 0 Å². The molecule has 0 aromatic rings. The van der Waals surface area contributed by atoms with E-state index in [1.807, 2.05) is 24.3 Å². The first kappa shape index (κ1) is 5.54. The van der Waals surface area contributed by atoms with Crippen molar-refractivity contribution in [1.29, 1.82) is 0 Å². The Morgan fingerprint density at radius 1 is 1.50 bits per heavy atom. The lowest BCUT2D eigenvalue weighted by Crippen LogP contribution is -2.01. The van der Waals surface area contributed by atoms with Crippen LogP contribution in [0.2, 0.25) is 0 Å². The van der Waals surface area contributed by atoms with Crippen LogP contribution in [0.5, 0.6) is 0 Å². The summed E-state index contributed by atoms with van der Waals surface area (Å²) in [4.78, 5) is 0. The fourth-order valence-electron chi connectivity index (χ4n) is 1.04. The monoisotopic (exact) mass is 131 g/mol. The predicted molar refractivity (Wildman–Crippen MR) is 38.8 cm³/mol. The molecule has 0 spiro atoms. The van der Waals surface area contributed by atoms with Gasteiger partial charge in [0.15, 0.2) is 0 Å². The van der Waals surface area contributed by atoms with Crippen LogP contribution in [0.25, 0.3) is 0 Å². The highest BCUT2D eigenvalue weighted by atomic mass is 16.5. The molecule has 0 amide bonds. The Balaban J connectivity index is 2.33. The summed E-state index contributed by atoms with van der Waals surface area (Å²) < 4.78 is 5.00. The Kier molecular flexibility index (Phi) is 1.21. The number of allylic oxidation sites excluding steroid dienone is 6. The van der Waals surface area contributed by atoms with Crippen LogP contribution in [0.1, 0.15) is 0 Å². The second-order valence-corrected chi connectivity index (χ2v) is 2.27. The summed E-state index contributed by atoms with van der Waals surface area (Å²) in [5.41, 5.74) is 1.20. The Labute approximate surface area is 60.0 Å². The molecule has 2 aliphatic rings. The molecule has 1 heteroatoms. The minimum Gasteiger partial charge on any atom is -0.473 e. The van der Waals surface area contributed by atoms with E-state index >= 15 is 0 Å². The van der Waals surface area contributed by atoms with Crippen LogP contribution in [0.15, 0.2) is 42.4 Å². The summed E-state index contributed by atoms with van der Waals surface area (Å²) >= 11 is 0. The molecule has 0 aromatic heterocycles. The van der Waals surface area contributed by atoms with Gasteiger partial charge in [-0.05, 0) is 17.7 Å². The molecule has 1 unspecified atom stereocenters. The summed E-state index contributed by atoms with van der Waals surface area (Å²) in [5.74, 6) is 0.388. The lowest BCUT2D eigenvalue weighted by molar-refractivity contribution is 0.383. The maximum absolute atomic E-state index is 5.00. The summed E-state index contributed by atoms with van der Waals surface area (Å²) in [7, 11) is 0. The molecule has 1 radical (unpaired) electrons. The van der Waals surface area contributed by atoms with Crippen molar-refractivity contribution in [3.63, 3.8) is 0 Å². The van der Waals surface area contributed by atoms with Gasteiger partial charge in [0.25, 0.3) is 0 Å². The van der Waals surface area contributed by atoms with Gasteiger partial charge in [-0.2, -0.15) is 0 Å². The van der Waals surface area contributed by atoms with E-state index in [4.69, 9.17) is 4.74 Å². The van der Waals surface area contributed by atoms with Crippen LogP contribution in [-0.2, 0) is 4.74 Å². The molecule has 0 fully saturated rings. The fraction of sp³-hybridized carbons (Fsp3) is 0.111. The van der Waals surface area contributed by atoms with E-state index in [2.05, 4.69) is 6.08 Å². The van der Waals surface area contributed by atoms with Gasteiger partial charge in [0, 0.05) is 5.92 Å². The smallest absolute Gasteiger partial charge is 0.0942 e. The molecule has 49 valence electrons. The maximum atomic E-state index is 5.00. The topological polar surface area (TPSA) is 9.23 Å². The van der Waals surface area contributed by atoms with Crippen molar-refractivity contribution in [2.75, 3.05) is 0 Å². The average Bonchev–Trinajstić information content (AvgIpc) is 2.05. The first-order valence-corrected chi connectivity index (χ1v) is 3.25. The van der Waals surface area contributed by atoms with E-state index in [1.165, 1.54) is 5.57 Å². The molecule has 1 aliphatic heterocycles. The second-order valence-electron chi connectivity index (χ2n) is 2.27. The van der Waals surface area contributed by atoms with Crippen LogP contribution >= 0.6 is 0 Å². The van der Waals surface area contributed by atoms with Gasteiger partial charge in [-0.1, -0.05) is 18.2 Å². The van der Waals surface area contributed by atoms with E-state index in [-0.39, 0.29) is 0 Å². The quantitative estimate of drug-likeness (QED) is 0.488. The second kappa shape index (κ2) is 2.18. The zero-order valence-corrected chi connectivity index (χ0v) is 5.45. The van der Waals surface area contributed by atoms with Crippen molar-refractivity contribution in [3.05, 3.63) is 48.5 Å². The number of ether oxygens (including phenoxy) is 1. The number of rotatable bonds is 0. The molecule has 2 rings (SSSR count). The molecule has 0 bridgehead atoms. The number of fused-ring (bicyclic) bond motifs is 1. The van der Waals surface area contributed by atoms with E-state index in [0.29, 0.717) is 5.92 Å². The molecule has 0 saturated carbocycles. The Hall–Kier alpha value is -1.24. The van der Waals surface area contributed by atoms with Crippen LogP contribution < -0.4 is 0 Å². The Morgan fingerprint density at radius 3 is 3.40 bits per heavy atom. The Morgan fingerprint density at radius 2 is 2.50 bits per heavy atom. The normalized spacial score (nSPS) is 27.2. The minimum absolute atomic E-state index is 0.388. The van der Waals surface area contributed by atoms with Crippen molar-refractivity contribution in [3.8, 4) is 0 Å². The lowest BCUT2D eigenvalue weighted by atomic mass is 9.95. The molecule has 0 N–H and O–H groups in total. The minimum atomic E-state index is 0.388. The summed E-state index contributed by atoms with van der Waals surface area (Å²) in [5, 5.41) is 0. The molecule has 0 saturated heterocycles. The van der Waals surface area contributed by atoms with Crippen molar-refractivity contribution in [2.24, 2.45) is 5.92 Å². The molecule has 1 nitrogen and oxygen atoms in total. The van der Waals surface area contributed by atoms with Gasteiger partial charge in [-0.15, -0.1) is 0 Å². The van der Waals surface area contributed by atoms with Gasteiger partial charge in [0.05, 0.1) is 12.5 Å². The van der Waals surface area contributed by atoms with Crippen molar-refractivity contribution < 1.29 is 4.74 Å². The highest BCUT2D eigenvalue weighted by Crippen LogP contribution is 2.22. The third-order valence-corrected chi connectivity index (χ3v) is 1.60. The third kappa shape index (κ3) is 0.798. The standard InChI is InChI=1S/C9H7O/c1-2-4-9-7-10-6-5-8(9)3-1/h2-8H. The van der Waals surface area contributed by atoms with E-state index in [0.717, 1.165) is 0 Å². The average molecular weight is 131 g/mol. The van der Waals surface area contributed by atoms with E-state index in [1.54, 1.807) is 12.5 Å². The van der Waals surface area contributed by atoms with Crippen LogP contribution in [-0.4, -0.2) is 0 Å².